The fourth-order valence-electron chi connectivity index (χ4n) is 1.80. The zero-order chi connectivity index (χ0) is 14.0. The van der Waals surface area contributed by atoms with Crippen molar-refractivity contribution in [3.8, 4) is 0 Å². The second kappa shape index (κ2) is 5.63. The van der Waals surface area contributed by atoms with E-state index in [0.29, 0.717) is 6.07 Å². The number of aliphatic hydroxyl groups is 1. The zero-order valence-corrected chi connectivity index (χ0v) is 10.5. The molecule has 0 bridgehead atoms. The van der Waals surface area contributed by atoms with Gasteiger partial charge in [0.05, 0.1) is 11.1 Å². The first-order valence-corrected chi connectivity index (χ1v) is 5.92. The van der Waals surface area contributed by atoms with E-state index in [0.717, 1.165) is 12.1 Å². The minimum absolute atomic E-state index is 0.0655. The van der Waals surface area contributed by atoms with E-state index < -0.39 is 23.6 Å². The SMILES string of the molecule is OC(Cc1cccc(Cl)c1F)c1ccc(F)cc1F. The van der Waals surface area contributed by atoms with Gasteiger partial charge < -0.3 is 5.11 Å². The fraction of sp³-hybridized carbons (Fsp3) is 0.143. The van der Waals surface area contributed by atoms with Crippen LogP contribution in [0.15, 0.2) is 36.4 Å². The molecular formula is C14H10ClF3O. The van der Waals surface area contributed by atoms with Crippen LogP contribution in [0.5, 0.6) is 0 Å². The highest BCUT2D eigenvalue weighted by Crippen LogP contribution is 2.25. The standard InChI is InChI=1S/C14H10ClF3O/c15-11-3-1-2-8(14(11)18)6-13(19)10-5-4-9(16)7-12(10)17/h1-5,7,13,19H,6H2. The Morgan fingerprint density at radius 3 is 2.53 bits per heavy atom. The molecule has 0 heterocycles. The van der Waals surface area contributed by atoms with Crippen molar-refractivity contribution in [1.82, 2.24) is 0 Å². The van der Waals surface area contributed by atoms with E-state index in [1.807, 2.05) is 0 Å². The average molecular weight is 287 g/mol. The molecule has 19 heavy (non-hydrogen) atoms. The molecule has 0 aromatic heterocycles. The van der Waals surface area contributed by atoms with Crippen molar-refractivity contribution in [3.63, 3.8) is 0 Å². The lowest BCUT2D eigenvalue weighted by Crippen LogP contribution is -2.06. The third kappa shape index (κ3) is 3.08. The largest absolute Gasteiger partial charge is 0.388 e. The molecule has 0 aliphatic rings. The van der Waals surface area contributed by atoms with Crippen LogP contribution in [0.1, 0.15) is 17.2 Å². The van der Waals surface area contributed by atoms with E-state index in [-0.39, 0.29) is 22.6 Å². The summed E-state index contributed by atoms with van der Waals surface area (Å²) in [6.07, 6.45) is -1.41. The Kier molecular flexibility index (Phi) is 4.12. The summed E-state index contributed by atoms with van der Waals surface area (Å²) in [5.74, 6) is -2.25. The van der Waals surface area contributed by atoms with Crippen LogP contribution in [0.25, 0.3) is 0 Å². The highest BCUT2D eigenvalue weighted by molar-refractivity contribution is 6.30. The number of rotatable bonds is 3. The maximum absolute atomic E-state index is 13.6. The first-order chi connectivity index (χ1) is 8.99. The predicted molar refractivity (Wildman–Crippen MR) is 66.4 cm³/mol. The molecule has 1 N–H and O–H groups in total. The van der Waals surface area contributed by atoms with Crippen molar-refractivity contribution in [2.45, 2.75) is 12.5 Å². The van der Waals surface area contributed by atoms with E-state index in [9.17, 15) is 18.3 Å². The molecule has 0 spiro atoms. The molecule has 0 saturated heterocycles. The number of halogens is 4. The Morgan fingerprint density at radius 2 is 1.84 bits per heavy atom. The highest BCUT2D eigenvalue weighted by Gasteiger charge is 2.17. The van der Waals surface area contributed by atoms with Crippen LogP contribution >= 0.6 is 11.6 Å². The number of hydrogen-bond acceptors (Lipinski definition) is 1. The van der Waals surface area contributed by atoms with Crippen LogP contribution in [0.4, 0.5) is 13.2 Å². The molecule has 1 nitrogen and oxygen atoms in total. The smallest absolute Gasteiger partial charge is 0.145 e. The summed E-state index contributed by atoms with van der Waals surface area (Å²) in [6.45, 7) is 0. The van der Waals surface area contributed by atoms with Crippen molar-refractivity contribution < 1.29 is 18.3 Å². The van der Waals surface area contributed by atoms with E-state index in [4.69, 9.17) is 11.6 Å². The molecule has 2 aromatic carbocycles. The van der Waals surface area contributed by atoms with Crippen molar-refractivity contribution in [2.24, 2.45) is 0 Å². The second-order valence-electron chi connectivity index (χ2n) is 4.10. The van der Waals surface area contributed by atoms with Gasteiger partial charge in [-0.15, -0.1) is 0 Å². The summed E-state index contributed by atoms with van der Waals surface area (Å²) in [5.41, 5.74) is 0.0875. The molecule has 100 valence electrons. The van der Waals surface area contributed by atoms with E-state index in [2.05, 4.69) is 0 Å². The number of hydrogen-bond donors (Lipinski definition) is 1. The maximum atomic E-state index is 13.6. The summed E-state index contributed by atoms with van der Waals surface area (Å²) in [6, 6.07) is 7.21. The predicted octanol–water partition coefficient (Wildman–Crippen LogP) is 4.03. The zero-order valence-electron chi connectivity index (χ0n) is 9.71. The highest BCUT2D eigenvalue weighted by atomic mass is 35.5. The lowest BCUT2D eigenvalue weighted by atomic mass is 10.0. The van der Waals surface area contributed by atoms with Crippen LogP contribution in [-0.2, 0) is 6.42 Å². The van der Waals surface area contributed by atoms with Crippen LogP contribution in [-0.4, -0.2) is 5.11 Å². The fourth-order valence-corrected chi connectivity index (χ4v) is 1.99. The molecule has 1 atom stereocenters. The molecule has 0 radical (unpaired) electrons. The Balaban J connectivity index is 2.25. The molecule has 0 saturated carbocycles. The maximum Gasteiger partial charge on any atom is 0.145 e. The summed E-state index contributed by atoms with van der Waals surface area (Å²) in [7, 11) is 0. The summed E-state index contributed by atoms with van der Waals surface area (Å²) in [5, 5.41) is 9.82. The first kappa shape index (κ1) is 13.9. The Morgan fingerprint density at radius 1 is 1.11 bits per heavy atom. The second-order valence-corrected chi connectivity index (χ2v) is 4.51. The van der Waals surface area contributed by atoms with Crippen molar-refractivity contribution >= 4 is 11.6 Å². The van der Waals surface area contributed by atoms with E-state index in [1.165, 1.54) is 18.2 Å². The molecule has 0 fully saturated rings. The minimum Gasteiger partial charge on any atom is -0.388 e. The van der Waals surface area contributed by atoms with Gasteiger partial charge in [0.15, 0.2) is 0 Å². The summed E-state index contributed by atoms with van der Waals surface area (Å²) < 4.78 is 39.9. The van der Waals surface area contributed by atoms with Gasteiger partial charge in [-0.25, -0.2) is 13.2 Å². The average Bonchev–Trinajstić information content (AvgIpc) is 2.34. The topological polar surface area (TPSA) is 20.2 Å². The molecule has 0 aliphatic carbocycles. The Hall–Kier alpha value is -1.52. The monoisotopic (exact) mass is 286 g/mol. The van der Waals surface area contributed by atoms with Crippen LogP contribution in [0.2, 0.25) is 5.02 Å². The van der Waals surface area contributed by atoms with Gasteiger partial charge in [-0.05, 0) is 17.7 Å². The van der Waals surface area contributed by atoms with Crippen molar-refractivity contribution in [3.05, 3.63) is 70.0 Å². The van der Waals surface area contributed by atoms with E-state index >= 15 is 0 Å². The van der Waals surface area contributed by atoms with Crippen LogP contribution in [0, 0.1) is 17.5 Å². The normalized spacial score (nSPS) is 12.5. The lowest BCUT2D eigenvalue weighted by molar-refractivity contribution is 0.172. The summed E-state index contributed by atoms with van der Waals surface area (Å²) in [4.78, 5) is 0. The molecule has 2 rings (SSSR count). The van der Waals surface area contributed by atoms with Gasteiger partial charge in [0, 0.05) is 18.1 Å². The molecule has 0 aliphatic heterocycles. The van der Waals surface area contributed by atoms with Gasteiger partial charge in [0.1, 0.15) is 17.5 Å². The Labute approximate surface area is 113 Å². The molecule has 0 amide bonds. The van der Waals surface area contributed by atoms with E-state index in [1.54, 1.807) is 0 Å². The minimum atomic E-state index is -1.27. The van der Waals surface area contributed by atoms with Gasteiger partial charge in [-0.1, -0.05) is 29.8 Å². The first-order valence-electron chi connectivity index (χ1n) is 5.55. The van der Waals surface area contributed by atoms with Crippen LogP contribution < -0.4 is 0 Å². The molecular weight excluding hydrogens is 277 g/mol. The van der Waals surface area contributed by atoms with Crippen LogP contribution in [0.3, 0.4) is 0 Å². The molecule has 2 aromatic rings. The molecule has 1 unspecified atom stereocenters. The third-order valence-electron chi connectivity index (χ3n) is 2.77. The lowest BCUT2D eigenvalue weighted by Gasteiger charge is -2.13. The van der Waals surface area contributed by atoms with Gasteiger partial charge in [0.25, 0.3) is 0 Å². The van der Waals surface area contributed by atoms with Gasteiger partial charge >= 0.3 is 0 Å². The van der Waals surface area contributed by atoms with Gasteiger partial charge in [0.2, 0.25) is 0 Å². The summed E-state index contributed by atoms with van der Waals surface area (Å²) >= 11 is 5.62. The van der Waals surface area contributed by atoms with Crippen molar-refractivity contribution in [1.29, 1.82) is 0 Å². The third-order valence-corrected chi connectivity index (χ3v) is 3.06. The number of aliphatic hydroxyl groups excluding tert-OH is 1. The van der Waals surface area contributed by atoms with Gasteiger partial charge in [-0.3, -0.25) is 0 Å². The quantitative estimate of drug-likeness (QED) is 0.903. The molecule has 5 heteroatoms. The Bertz CT molecular complexity index is 601. The van der Waals surface area contributed by atoms with Crippen molar-refractivity contribution in [2.75, 3.05) is 0 Å². The number of benzene rings is 2. The van der Waals surface area contributed by atoms with Gasteiger partial charge in [-0.2, -0.15) is 0 Å².